The van der Waals surface area contributed by atoms with Gasteiger partial charge in [0, 0.05) is 27.7 Å². The Morgan fingerprint density at radius 1 is 0.881 bits per heavy atom. The summed E-state index contributed by atoms with van der Waals surface area (Å²) in [6, 6.07) is 15.1. The summed E-state index contributed by atoms with van der Waals surface area (Å²) in [4.78, 5) is 29.1. The first-order chi connectivity index (χ1) is 19.8. The van der Waals surface area contributed by atoms with Gasteiger partial charge in [-0.3, -0.25) is 13.9 Å². The highest BCUT2D eigenvalue weighted by atomic mass is 35.5. The second-order valence-corrected chi connectivity index (χ2v) is 13.4. The molecule has 0 heterocycles. The summed E-state index contributed by atoms with van der Waals surface area (Å²) < 4.78 is 29.2. The van der Waals surface area contributed by atoms with E-state index in [4.69, 9.17) is 34.8 Å². The summed E-state index contributed by atoms with van der Waals surface area (Å²) in [6.45, 7) is 8.63. The Labute approximate surface area is 263 Å². The third-order valence-electron chi connectivity index (χ3n) is 7.06. The zero-order valence-electron chi connectivity index (χ0n) is 24.3. The number of anilines is 1. The van der Waals surface area contributed by atoms with Gasteiger partial charge in [-0.05, 0) is 87.2 Å². The van der Waals surface area contributed by atoms with Gasteiger partial charge in [0.2, 0.25) is 11.8 Å². The van der Waals surface area contributed by atoms with Crippen LogP contribution in [-0.4, -0.2) is 43.8 Å². The van der Waals surface area contributed by atoms with Crippen LogP contribution in [0.3, 0.4) is 0 Å². The number of sulfonamides is 1. The molecular weight excluding hydrogens is 617 g/mol. The van der Waals surface area contributed by atoms with Crippen LogP contribution in [0.1, 0.15) is 50.3 Å². The number of carbonyl (C=O) groups excluding carboxylic acids is 2. The number of halogens is 3. The van der Waals surface area contributed by atoms with Gasteiger partial charge in [0.1, 0.15) is 12.6 Å². The fourth-order valence-electron chi connectivity index (χ4n) is 4.44. The van der Waals surface area contributed by atoms with Gasteiger partial charge in [0.25, 0.3) is 10.0 Å². The molecule has 0 aliphatic heterocycles. The van der Waals surface area contributed by atoms with Crippen LogP contribution in [0.5, 0.6) is 0 Å². The minimum Gasteiger partial charge on any atom is -0.352 e. The lowest BCUT2D eigenvalue weighted by Crippen LogP contribution is -2.53. The highest BCUT2D eigenvalue weighted by molar-refractivity contribution is 7.92. The van der Waals surface area contributed by atoms with Crippen LogP contribution in [0.25, 0.3) is 0 Å². The Morgan fingerprint density at radius 2 is 1.50 bits per heavy atom. The fraction of sp³-hybridized carbons (Fsp3) is 0.355. The Kier molecular flexibility index (Phi) is 11.7. The second-order valence-electron chi connectivity index (χ2n) is 10.3. The van der Waals surface area contributed by atoms with Crippen LogP contribution in [0.4, 0.5) is 5.69 Å². The van der Waals surface area contributed by atoms with Gasteiger partial charge >= 0.3 is 0 Å². The predicted octanol–water partition coefficient (Wildman–Crippen LogP) is 7.18. The molecule has 0 fully saturated rings. The van der Waals surface area contributed by atoms with Crippen molar-refractivity contribution in [1.82, 2.24) is 10.2 Å². The summed E-state index contributed by atoms with van der Waals surface area (Å²) in [5.41, 5.74) is 2.33. The zero-order valence-corrected chi connectivity index (χ0v) is 27.4. The van der Waals surface area contributed by atoms with Crippen molar-refractivity contribution >= 4 is 62.3 Å². The molecular formula is C31H36Cl3N3O4S. The highest BCUT2D eigenvalue weighted by Crippen LogP contribution is 2.30. The molecule has 3 aromatic carbocycles. The standard InChI is InChI=1S/C31H36Cl3N3O4S/c1-6-22(5)35-31(39)28(7-2)36(18-23-10-11-25(33)17-27(23)34)30(38)19-37(29-15-12-24(32)16-21(29)4)42(40,41)26-13-8-20(3)9-14-26/h8-17,22,28H,6-7,18-19H2,1-5H3,(H,35,39)/t22-,28+/m0/s1. The molecule has 11 heteroatoms. The lowest BCUT2D eigenvalue weighted by molar-refractivity contribution is -0.140. The molecule has 1 N–H and O–H groups in total. The van der Waals surface area contributed by atoms with Crippen molar-refractivity contribution < 1.29 is 18.0 Å². The van der Waals surface area contributed by atoms with Gasteiger partial charge in [-0.1, -0.05) is 72.4 Å². The minimum atomic E-state index is -4.20. The van der Waals surface area contributed by atoms with Crippen molar-refractivity contribution in [3.05, 3.63) is 92.4 Å². The smallest absolute Gasteiger partial charge is 0.264 e. The minimum absolute atomic E-state index is 0.0285. The molecule has 0 saturated heterocycles. The Balaban J connectivity index is 2.12. The van der Waals surface area contributed by atoms with E-state index in [1.54, 1.807) is 62.4 Å². The number of nitrogens with zero attached hydrogens (tertiary/aromatic N) is 2. The fourth-order valence-corrected chi connectivity index (χ4v) is 6.62. The molecule has 2 amide bonds. The summed E-state index contributed by atoms with van der Waals surface area (Å²) >= 11 is 18.8. The van der Waals surface area contributed by atoms with E-state index in [0.717, 1.165) is 9.87 Å². The number of amides is 2. The molecule has 0 aliphatic rings. The van der Waals surface area contributed by atoms with Crippen molar-refractivity contribution in [2.75, 3.05) is 10.8 Å². The molecule has 2 atom stereocenters. The number of rotatable bonds is 12. The van der Waals surface area contributed by atoms with Crippen molar-refractivity contribution in [1.29, 1.82) is 0 Å². The lowest BCUT2D eigenvalue weighted by atomic mass is 10.1. The number of benzene rings is 3. The molecule has 0 unspecified atom stereocenters. The molecule has 0 bridgehead atoms. The maximum absolute atomic E-state index is 14.2. The summed E-state index contributed by atoms with van der Waals surface area (Å²) in [7, 11) is -4.20. The Bertz CT molecular complexity index is 1530. The summed E-state index contributed by atoms with van der Waals surface area (Å²) in [5, 5.41) is 4.14. The van der Waals surface area contributed by atoms with Crippen molar-refractivity contribution in [2.24, 2.45) is 0 Å². The average molecular weight is 653 g/mol. The van der Waals surface area contributed by atoms with E-state index in [1.807, 2.05) is 20.8 Å². The van der Waals surface area contributed by atoms with Crippen LogP contribution >= 0.6 is 34.8 Å². The third kappa shape index (κ3) is 8.19. The zero-order chi connectivity index (χ0) is 31.2. The highest BCUT2D eigenvalue weighted by Gasteiger charge is 2.34. The molecule has 0 aliphatic carbocycles. The van der Waals surface area contributed by atoms with Crippen molar-refractivity contribution in [2.45, 2.75) is 71.0 Å². The number of aryl methyl sites for hydroxylation is 2. The van der Waals surface area contributed by atoms with E-state index in [-0.39, 0.29) is 23.4 Å². The average Bonchev–Trinajstić information content (AvgIpc) is 2.93. The summed E-state index contributed by atoms with van der Waals surface area (Å²) in [5.74, 6) is -0.905. The molecule has 0 aromatic heterocycles. The van der Waals surface area contributed by atoms with E-state index in [0.29, 0.717) is 44.7 Å². The van der Waals surface area contributed by atoms with Crippen molar-refractivity contribution in [3.63, 3.8) is 0 Å². The first-order valence-electron chi connectivity index (χ1n) is 13.7. The van der Waals surface area contributed by atoms with Gasteiger partial charge in [-0.2, -0.15) is 0 Å². The second kappa shape index (κ2) is 14.6. The third-order valence-corrected chi connectivity index (χ3v) is 9.65. The quantitative estimate of drug-likeness (QED) is 0.225. The van der Waals surface area contributed by atoms with Gasteiger partial charge in [0.15, 0.2) is 0 Å². The molecule has 3 aromatic rings. The Hall–Kier alpha value is -2.78. The van der Waals surface area contributed by atoms with Crippen LogP contribution < -0.4 is 9.62 Å². The number of nitrogens with one attached hydrogen (secondary N) is 1. The van der Waals surface area contributed by atoms with Gasteiger partial charge in [-0.15, -0.1) is 0 Å². The predicted molar refractivity (Wildman–Crippen MR) is 171 cm³/mol. The molecule has 42 heavy (non-hydrogen) atoms. The molecule has 0 saturated carbocycles. The molecule has 3 rings (SSSR count). The monoisotopic (exact) mass is 651 g/mol. The van der Waals surface area contributed by atoms with E-state index in [9.17, 15) is 18.0 Å². The molecule has 0 spiro atoms. The Morgan fingerprint density at radius 3 is 2.07 bits per heavy atom. The molecule has 0 radical (unpaired) electrons. The van der Waals surface area contributed by atoms with E-state index in [2.05, 4.69) is 5.32 Å². The van der Waals surface area contributed by atoms with Gasteiger partial charge < -0.3 is 10.2 Å². The number of carbonyl (C=O) groups is 2. The van der Waals surface area contributed by atoms with E-state index < -0.39 is 28.5 Å². The normalized spacial score (nSPS) is 12.9. The maximum Gasteiger partial charge on any atom is 0.264 e. The van der Waals surface area contributed by atoms with Crippen molar-refractivity contribution in [3.8, 4) is 0 Å². The van der Waals surface area contributed by atoms with Crippen LogP contribution in [0.15, 0.2) is 65.6 Å². The topological polar surface area (TPSA) is 86.8 Å². The molecule has 226 valence electrons. The van der Waals surface area contributed by atoms with E-state index in [1.165, 1.54) is 17.0 Å². The van der Waals surface area contributed by atoms with Gasteiger partial charge in [0.05, 0.1) is 10.6 Å². The number of hydrogen-bond donors (Lipinski definition) is 1. The maximum atomic E-state index is 14.2. The van der Waals surface area contributed by atoms with Gasteiger partial charge in [-0.25, -0.2) is 8.42 Å². The van der Waals surface area contributed by atoms with Crippen LogP contribution in [0, 0.1) is 13.8 Å². The van der Waals surface area contributed by atoms with E-state index >= 15 is 0 Å². The van der Waals surface area contributed by atoms with Crippen LogP contribution in [0.2, 0.25) is 15.1 Å². The van der Waals surface area contributed by atoms with Crippen LogP contribution in [-0.2, 0) is 26.2 Å². The first-order valence-corrected chi connectivity index (χ1v) is 16.2. The largest absolute Gasteiger partial charge is 0.352 e. The summed E-state index contributed by atoms with van der Waals surface area (Å²) in [6.07, 6.45) is 1.00. The number of hydrogen-bond acceptors (Lipinski definition) is 4. The lowest BCUT2D eigenvalue weighted by Gasteiger charge is -2.34. The SMILES string of the molecule is CC[C@H](C(=O)N[C@@H](C)CC)N(Cc1ccc(Cl)cc1Cl)C(=O)CN(c1ccc(Cl)cc1C)S(=O)(=O)c1ccc(C)cc1. The first kappa shape index (κ1) is 33.7. The molecule has 7 nitrogen and oxygen atoms in total.